The highest BCUT2D eigenvalue weighted by Crippen LogP contribution is 2.23. The smallest absolute Gasteiger partial charge is 0.291 e. The first kappa shape index (κ1) is 17.9. The fraction of sp³-hybridized carbons (Fsp3) is 0.190. The summed E-state index contributed by atoms with van der Waals surface area (Å²) >= 11 is 0. The number of nitrogens with zero attached hydrogens (tertiary/aromatic N) is 2. The number of hydrogen-bond donors (Lipinski definition) is 2. The molecule has 142 valence electrons. The second kappa shape index (κ2) is 7.64. The van der Waals surface area contributed by atoms with Crippen LogP contribution in [0.25, 0.3) is 0 Å². The largest absolute Gasteiger partial charge is 0.323 e. The van der Waals surface area contributed by atoms with Gasteiger partial charge in [0, 0.05) is 17.9 Å². The molecule has 1 aromatic heterocycles. The fourth-order valence-corrected chi connectivity index (χ4v) is 3.33. The highest BCUT2D eigenvalue weighted by atomic mass is 19.1. The number of benzene rings is 2. The molecule has 2 heterocycles. The number of anilines is 2. The van der Waals surface area contributed by atoms with Crippen molar-refractivity contribution in [1.82, 2.24) is 9.55 Å². The second-order valence-corrected chi connectivity index (χ2v) is 6.62. The Bertz CT molecular complexity index is 1010. The van der Waals surface area contributed by atoms with Gasteiger partial charge in [0.05, 0.1) is 5.69 Å². The number of para-hydroxylation sites is 1. The third kappa shape index (κ3) is 3.64. The molecule has 1 aliphatic rings. The van der Waals surface area contributed by atoms with Gasteiger partial charge in [0.2, 0.25) is 0 Å². The Hall–Kier alpha value is -3.48. The minimum Gasteiger partial charge on any atom is -0.323 e. The molecule has 3 aromatic rings. The van der Waals surface area contributed by atoms with Crippen molar-refractivity contribution < 1.29 is 14.0 Å². The van der Waals surface area contributed by atoms with Crippen molar-refractivity contribution in [2.24, 2.45) is 0 Å². The van der Waals surface area contributed by atoms with Gasteiger partial charge in [0.1, 0.15) is 5.82 Å². The first-order valence-electron chi connectivity index (χ1n) is 9.14. The summed E-state index contributed by atoms with van der Waals surface area (Å²) in [7, 11) is 0. The highest BCUT2D eigenvalue weighted by Gasteiger charge is 2.27. The van der Waals surface area contributed by atoms with Crippen LogP contribution in [-0.2, 0) is 13.0 Å². The van der Waals surface area contributed by atoms with Gasteiger partial charge in [-0.25, -0.2) is 9.37 Å². The number of halogens is 1. The zero-order valence-electron chi connectivity index (χ0n) is 15.1. The Balaban J connectivity index is 1.62. The van der Waals surface area contributed by atoms with Crippen LogP contribution in [0, 0.1) is 5.82 Å². The predicted octanol–water partition coefficient (Wildman–Crippen LogP) is 3.86. The summed E-state index contributed by atoms with van der Waals surface area (Å²) in [6, 6.07) is 14.6. The lowest BCUT2D eigenvalue weighted by atomic mass is 10.1. The SMILES string of the molecule is O=C(Nc1ccccc1)c1nc(C(=O)Nc2ccc(F)cc2)n2c1CCCC2. The van der Waals surface area contributed by atoms with Gasteiger partial charge in [0.15, 0.2) is 11.5 Å². The number of amides is 2. The molecule has 2 amide bonds. The number of nitrogens with one attached hydrogen (secondary N) is 2. The van der Waals surface area contributed by atoms with E-state index < -0.39 is 5.91 Å². The standard InChI is InChI=1S/C21H19FN4O2/c22-14-9-11-16(12-10-14)24-21(28)19-25-18(17-8-4-5-13-26(17)19)20(27)23-15-6-2-1-3-7-15/h1-3,6-7,9-12H,4-5,8,13H2,(H,23,27)(H,24,28). The first-order valence-corrected chi connectivity index (χ1v) is 9.14. The molecule has 0 saturated heterocycles. The number of carbonyl (C=O) groups excluding carboxylic acids is 2. The van der Waals surface area contributed by atoms with E-state index >= 15 is 0 Å². The monoisotopic (exact) mass is 378 g/mol. The molecular formula is C21H19FN4O2. The molecule has 28 heavy (non-hydrogen) atoms. The first-order chi connectivity index (χ1) is 13.6. The van der Waals surface area contributed by atoms with Gasteiger partial charge in [-0.05, 0) is 55.7 Å². The number of aromatic nitrogens is 2. The van der Waals surface area contributed by atoms with Gasteiger partial charge in [-0.2, -0.15) is 0 Å². The number of imidazole rings is 1. The van der Waals surface area contributed by atoms with E-state index in [1.165, 1.54) is 24.3 Å². The maximum absolute atomic E-state index is 13.1. The topological polar surface area (TPSA) is 76.0 Å². The van der Waals surface area contributed by atoms with E-state index in [-0.39, 0.29) is 23.2 Å². The second-order valence-electron chi connectivity index (χ2n) is 6.62. The van der Waals surface area contributed by atoms with Crippen molar-refractivity contribution in [1.29, 1.82) is 0 Å². The predicted molar refractivity (Wildman–Crippen MR) is 104 cm³/mol. The van der Waals surface area contributed by atoms with Gasteiger partial charge in [-0.1, -0.05) is 18.2 Å². The summed E-state index contributed by atoms with van der Waals surface area (Å²) < 4.78 is 14.9. The summed E-state index contributed by atoms with van der Waals surface area (Å²) in [6.45, 7) is 0.632. The molecule has 1 aliphatic heterocycles. The van der Waals surface area contributed by atoms with Crippen molar-refractivity contribution in [2.75, 3.05) is 10.6 Å². The summed E-state index contributed by atoms with van der Waals surface area (Å²) in [4.78, 5) is 29.9. The minimum atomic E-state index is -0.423. The fourth-order valence-electron chi connectivity index (χ4n) is 3.33. The van der Waals surface area contributed by atoms with Gasteiger partial charge in [0.25, 0.3) is 11.8 Å². The van der Waals surface area contributed by atoms with E-state index in [9.17, 15) is 14.0 Å². The number of fused-ring (bicyclic) bond motifs is 1. The zero-order chi connectivity index (χ0) is 19.5. The van der Waals surface area contributed by atoms with E-state index in [1.807, 2.05) is 22.8 Å². The molecule has 0 fully saturated rings. The molecule has 7 heteroatoms. The maximum Gasteiger partial charge on any atom is 0.291 e. The Labute approximate surface area is 161 Å². The minimum absolute atomic E-state index is 0.192. The molecule has 2 aromatic carbocycles. The summed E-state index contributed by atoms with van der Waals surface area (Å²) in [5.74, 6) is -0.945. The molecule has 0 saturated carbocycles. The van der Waals surface area contributed by atoms with Crippen LogP contribution in [0.1, 0.15) is 39.6 Å². The Kier molecular flexibility index (Phi) is 4.89. The third-order valence-electron chi connectivity index (χ3n) is 4.67. The van der Waals surface area contributed by atoms with Crippen molar-refractivity contribution in [3.05, 3.63) is 77.6 Å². The molecule has 0 radical (unpaired) electrons. The van der Waals surface area contributed by atoms with Gasteiger partial charge < -0.3 is 15.2 Å². The molecule has 0 bridgehead atoms. The molecule has 0 spiro atoms. The molecule has 0 unspecified atom stereocenters. The molecule has 4 rings (SSSR count). The Morgan fingerprint density at radius 2 is 1.57 bits per heavy atom. The van der Waals surface area contributed by atoms with E-state index in [4.69, 9.17) is 0 Å². The number of hydrogen-bond acceptors (Lipinski definition) is 3. The van der Waals surface area contributed by atoms with Crippen molar-refractivity contribution >= 4 is 23.2 Å². The average molecular weight is 378 g/mol. The van der Waals surface area contributed by atoms with E-state index in [0.29, 0.717) is 24.3 Å². The normalized spacial score (nSPS) is 12.9. The van der Waals surface area contributed by atoms with Gasteiger partial charge >= 0.3 is 0 Å². The van der Waals surface area contributed by atoms with Crippen LogP contribution >= 0.6 is 0 Å². The van der Waals surface area contributed by atoms with Crippen LogP contribution < -0.4 is 10.6 Å². The molecular weight excluding hydrogens is 359 g/mol. The lowest BCUT2D eigenvalue weighted by Crippen LogP contribution is -2.21. The molecule has 2 N–H and O–H groups in total. The van der Waals surface area contributed by atoms with Crippen LogP contribution in [-0.4, -0.2) is 21.4 Å². The quantitative estimate of drug-likeness (QED) is 0.724. The van der Waals surface area contributed by atoms with Gasteiger partial charge in [-0.3, -0.25) is 9.59 Å². The zero-order valence-corrected chi connectivity index (χ0v) is 15.1. The van der Waals surface area contributed by atoms with E-state index in [1.54, 1.807) is 12.1 Å². The van der Waals surface area contributed by atoms with Crippen LogP contribution in [0.3, 0.4) is 0 Å². The Morgan fingerprint density at radius 3 is 2.32 bits per heavy atom. The average Bonchev–Trinajstić information content (AvgIpc) is 3.10. The Morgan fingerprint density at radius 1 is 0.893 bits per heavy atom. The van der Waals surface area contributed by atoms with Crippen LogP contribution in [0.15, 0.2) is 54.6 Å². The molecule has 6 nitrogen and oxygen atoms in total. The van der Waals surface area contributed by atoms with Gasteiger partial charge in [-0.15, -0.1) is 0 Å². The molecule has 0 atom stereocenters. The van der Waals surface area contributed by atoms with Crippen molar-refractivity contribution in [3.8, 4) is 0 Å². The summed E-state index contributed by atoms with van der Waals surface area (Å²) in [5.41, 5.74) is 2.17. The lowest BCUT2D eigenvalue weighted by Gasteiger charge is -2.17. The number of rotatable bonds is 4. The summed E-state index contributed by atoms with van der Waals surface area (Å²) in [5, 5.41) is 5.55. The highest BCUT2D eigenvalue weighted by molar-refractivity contribution is 6.06. The maximum atomic E-state index is 13.1. The van der Waals surface area contributed by atoms with E-state index in [0.717, 1.165) is 18.5 Å². The third-order valence-corrected chi connectivity index (χ3v) is 4.67. The van der Waals surface area contributed by atoms with Crippen LogP contribution in [0.4, 0.5) is 15.8 Å². The molecule has 0 aliphatic carbocycles. The van der Waals surface area contributed by atoms with Crippen molar-refractivity contribution in [2.45, 2.75) is 25.8 Å². The lowest BCUT2D eigenvalue weighted by molar-refractivity contribution is 0.101. The van der Waals surface area contributed by atoms with Crippen molar-refractivity contribution in [3.63, 3.8) is 0 Å². The number of carbonyl (C=O) groups is 2. The van der Waals surface area contributed by atoms with E-state index in [2.05, 4.69) is 15.6 Å². The van der Waals surface area contributed by atoms with Crippen LogP contribution in [0.5, 0.6) is 0 Å². The summed E-state index contributed by atoms with van der Waals surface area (Å²) in [6.07, 6.45) is 2.55. The van der Waals surface area contributed by atoms with Crippen LogP contribution in [0.2, 0.25) is 0 Å².